The average molecular weight is 255 g/mol. The normalized spacial score (nSPS) is 11.3. The molecule has 0 aliphatic carbocycles. The Morgan fingerprint density at radius 2 is 2.05 bits per heavy atom. The number of aromatic nitrogens is 4. The van der Waals surface area contributed by atoms with Crippen molar-refractivity contribution in [1.29, 1.82) is 0 Å². The SMILES string of the molecule is Cc1nnc(Cn2ccc3c(CN)cccc32)n1C. The van der Waals surface area contributed by atoms with Gasteiger partial charge in [-0.3, -0.25) is 0 Å². The van der Waals surface area contributed by atoms with E-state index in [9.17, 15) is 0 Å². The quantitative estimate of drug-likeness (QED) is 0.773. The highest BCUT2D eigenvalue weighted by Gasteiger charge is 2.09. The number of aryl methyl sites for hydroxylation is 1. The van der Waals surface area contributed by atoms with Crippen LogP contribution in [-0.2, 0) is 20.1 Å². The van der Waals surface area contributed by atoms with E-state index >= 15 is 0 Å². The van der Waals surface area contributed by atoms with Crippen molar-refractivity contribution in [3.8, 4) is 0 Å². The predicted molar refractivity (Wildman–Crippen MR) is 74.7 cm³/mol. The van der Waals surface area contributed by atoms with E-state index in [1.165, 1.54) is 16.5 Å². The fourth-order valence-corrected chi connectivity index (χ4v) is 2.34. The maximum absolute atomic E-state index is 5.77. The highest BCUT2D eigenvalue weighted by atomic mass is 15.3. The molecule has 0 spiro atoms. The van der Waals surface area contributed by atoms with Crippen LogP contribution in [-0.4, -0.2) is 19.3 Å². The minimum Gasteiger partial charge on any atom is -0.340 e. The molecular weight excluding hydrogens is 238 g/mol. The summed E-state index contributed by atoms with van der Waals surface area (Å²) in [5.41, 5.74) is 8.13. The highest BCUT2D eigenvalue weighted by molar-refractivity contribution is 5.83. The lowest BCUT2D eigenvalue weighted by molar-refractivity contribution is 0.708. The molecule has 0 radical (unpaired) electrons. The average Bonchev–Trinajstić information content (AvgIpc) is 2.97. The molecule has 2 N–H and O–H groups in total. The predicted octanol–water partition coefficient (Wildman–Crippen LogP) is 1.59. The van der Waals surface area contributed by atoms with Crippen LogP contribution >= 0.6 is 0 Å². The summed E-state index contributed by atoms with van der Waals surface area (Å²) in [4.78, 5) is 0. The van der Waals surface area contributed by atoms with Crippen molar-refractivity contribution < 1.29 is 0 Å². The van der Waals surface area contributed by atoms with Crippen LogP contribution < -0.4 is 5.73 Å². The third kappa shape index (κ3) is 1.92. The lowest BCUT2D eigenvalue weighted by Crippen LogP contribution is -2.06. The summed E-state index contributed by atoms with van der Waals surface area (Å²) in [6.07, 6.45) is 2.08. The van der Waals surface area contributed by atoms with Crippen molar-refractivity contribution in [2.75, 3.05) is 0 Å². The molecule has 0 bridgehead atoms. The maximum atomic E-state index is 5.77. The fraction of sp³-hybridized carbons (Fsp3) is 0.286. The van der Waals surface area contributed by atoms with Crippen molar-refractivity contribution in [1.82, 2.24) is 19.3 Å². The van der Waals surface area contributed by atoms with Crippen molar-refractivity contribution in [3.05, 3.63) is 47.7 Å². The smallest absolute Gasteiger partial charge is 0.152 e. The van der Waals surface area contributed by atoms with Gasteiger partial charge in [-0.1, -0.05) is 12.1 Å². The van der Waals surface area contributed by atoms with E-state index in [1.54, 1.807) is 0 Å². The minimum atomic E-state index is 0.560. The van der Waals surface area contributed by atoms with Crippen LogP contribution in [0, 0.1) is 6.92 Å². The highest BCUT2D eigenvalue weighted by Crippen LogP contribution is 2.20. The summed E-state index contributed by atoms with van der Waals surface area (Å²) in [5.74, 6) is 1.88. The summed E-state index contributed by atoms with van der Waals surface area (Å²) in [7, 11) is 1.99. The molecule has 2 aromatic heterocycles. The largest absolute Gasteiger partial charge is 0.340 e. The van der Waals surface area contributed by atoms with Gasteiger partial charge in [0.25, 0.3) is 0 Å². The molecule has 0 atom stereocenters. The van der Waals surface area contributed by atoms with Gasteiger partial charge in [0.1, 0.15) is 5.82 Å². The molecule has 0 aliphatic heterocycles. The number of hydrogen-bond acceptors (Lipinski definition) is 3. The second-order valence-electron chi connectivity index (χ2n) is 4.72. The first kappa shape index (κ1) is 11.9. The number of fused-ring (bicyclic) bond motifs is 1. The number of benzene rings is 1. The van der Waals surface area contributed by atoms with Crippen LogP contribution in [0.3, 0.4) is 0 Å². The van der Waals surface area contributed by atoms with Gasteiger partial charge in [0.2, 0.25) is 0 Å². The Morgan fingerprint density at radius 1 is 1.21 bits per heavy atom. The summed E-state index contributed by atoms with van der Waals surface area (Å²) in [5, 5.41) is 9.51. The third-order valence-electron chi connectivity index (χ3n) is 3.62. The molecule has 5 nitrogen and oxygen atoms in total. The van der Waals surface area contributed by atoms with Gasteiger partial charge in [-0.05, 0) is 24.6 Å². The van der Waals surface area contributed by atoms with E-state index in [1.807, 2.05) is 24.6 Å². The molecule has 0 aliphatic rings. The van der Waals surface area contributed by atoms with Gasteiger partial charge in [-0.15, -0.1) is 10.2 Å². The van der Waals surface area contributed by atoms with E-state index in [-0.39, 0.29) is 0 Å². The van der Waals surface area contributed by atoms with Crippen molar-refractivity contribution in [2.24, 2.45) is 12.8 Å². The van der Waals surface area contributed by atoms with E-state index in [0.717, 1.165) is 18.2 Å². The molecule has 0 amide bonds. The molecule has 98 valence electrons. The Hall–Kier alpha value is -2.14. The van der Waals surface area contributed by atoms with Crippen LogP contribution in [0.1, 0.15) is 17.2 Å². The zero-order valence-electron chi connectivity index (χ0n) is 11.2. The first-order valence-electron chi connectivity index (χ1n) is 6.32. The van der Waals surface area contributed by atoms with Gasteiger partial charge in [0, 0.05) is 30.7 Å². The number of nitrogens with zero attached hydrogens (tertiary/aromatic N) is 4. The van der Waals surface area contributed by atoms with E-state index in [4.69, 9.17) is 5.73 Å². The second kappa shape index (κ2) is 4.51. The van der Waals surface area contributed by atoms with Gasteiger partial charge in [-0.25, -0.2) is 0 Å². The molecular formula is C14H17N5. The molecule has 0 saturated heterocycles. The minimum absolute atomic E-state index is 0.560. The first-order chi connectivity index (χ1) is 9.20. The molecule has 5 heteroatoms. The van der Waals surface area contributed by atoms with E-state index in [2.05, 4.69) is 39.2 Å². The van der Waals surface area contributed by atoms with Crippen LogP contribution in [0.5, 0.6) is 0 Å². The Bertz CT molecular complexity index is 723. The molecule has 1 aromatic carbocycles. The third-order valence-corrected chi connectivity index (χ3v) is 3.62. The first-order valence-corrected chi connectivity index (χ1v) is 6.32. The monoisotopic (exact) mass is 255 g/mol. The molecule has 0 fully saturated rings. The fourth-order valence-electron chi connectivity index (χ4n) is 2.34. The lowest BCUT2D eigenvalue weighted by Gasteiger charge is -2.06. The Kier molecular flexibility index (Phi) is 2.83. The van der Waals surface area contributed by atoms with Crippen molar-refractivity contribution >= 4 is 10.9 Å². The maximum Gasteiger partial charge on any atom is 0.152 e. The van der Waals surface area contributed by atoms with Crippen LogP contribution in [0.15, 0.2) is 30.5 Å². The molecule has 3 rings (SSSR count). The number of rotatable bonds is 3. The zero-order valence-corrected chi connectivity index (χ0v) is 11.2. The van der Waals surface area contributed by atoms with Gasteiger partial charge in [-0.2, -0.15) is 0 Å². The lowest BCUT2D eigenvalue weighted by atomic mass is 10.1. The molecule has 0 saturated carbocycles. The molecule has 2 heterocycles. The summed E-state index contributed by atoms with van der Waals surface area (Å²) >= 11 is 0. The van der Waals surface area contributed by atoms with E-state index in [0.29, 0.717) is 6.54 Å². The zero-order chi connectivity index (χ0) is 13.4. The Morgan fingerprint density at radius 3 is 2.74 bits per heavy atom. The van der Waals surface area contributed by atoms with Gasteiger partial charge < -0.3 is 14.9 Å². The molecule has 19 heavy (non-hydrogen) atoms. The number of hydrogen-bond donors (Lipinski definition) is 1. The van der Waals surface area contributed by atoms with Gasteiger partial charge in [0.05, 0.1) is 6.54 Å². The Labute approximate surface area is 111 Å². The van der Waals surface area contributed by atoms with Gasteiger partial charge in [0.15, 0.2) is 5.82 Å². The van der Waals surface area contributed by atoms with Crippen molar-refractivity contribution in [3.63, 3.8) is 0 Å². The van der Waals surface area contributed by atoms with Gasteiger partial charge >= 0.3 is 0 Å². The molecule has 3 aromatic rings. The summed E-state index contributed by atoms with van der Waals surface area (Å²) in [6.45, 7) is 3.23. The molecule has 0 unspecified atom stereocenters. The van der Waals surface area contributed by atoms with Crippen LogP contribution in [0.25, 0.3) is 10.9 Å². The van der Waals surface area contributed by atoms with Crippen LogP contribution in [0.4, 0.5) is 0 Å². The van der Waals surface area contributed by atoms with Crippen LogP contribution in [0.2, 0.25) is 0 Å². The number of nitrogens with two attached hydrogens (primary N) is 1. The Balaban J connectivity index is 2.04. The summed E-state index contributed by atoms with van der Waals surface area (Å²) in [6, 6.07) is 8.33. The second-order valence-corrected chi connectivity index (χ2v) is 4.72. The topological polar surface area (TPSA) is 61.7 Å². The van der Waals surface area contributed by atoms with E-state index < -0.39 is 0 Å². The standard InChI is InChI=1S/C14H17N5/c1-10-16-17-14(18(10)2)9-19-7-6-12-11(8-15)4-3-5-13(12)19/h3-7H,8-9,15H2,1-2H3. The summed E-state index contributed by atoms with van der Waals surface area (Å²) < 4.78 is 4.19. The van der Waals surface area contributed by atoms with Crippen molar-refractivity contribution in [2.45, 2.75) is 20.0 Å².